The molecule has 1 aliphatic rings. The number of benzene rings is 2. The summed E-state index contributed by atoms with van der Waals surface area (Å²) in [5.41, 5.74) is 7.31. The molecule has 0 saturated carbocycles. The molecule has 1 heterocycles. The van der Waals surface area contributed by atoms with Gasteiger partial charge in [0, 0.05) is 11.6 Å². The molecule has 0 spiro atoms. The Hall–Kier alpha value is -1.54. The Balaban J connectivity index is 2.23. The Morgan fingerprint density at radius 1 is 1.19 bits per heavy atom. The molecule has 0 saturated heterocycles. The predicted octanol–water partition coefficient (Wildman–Crippen LogP) is 2.49. The summed E-state index contributed by atoms with van der Waals surface area (Å²) in [5.74, 6) is 0.993. The van der Waals surface area contributed by atoms with Crippen molar-refractivity contribution in [1.82, 2.24) is 0 Å². The van der Waals surface area contributed by atoms with Crippen molar-refractivity contribution in [2.45, 2.75) is 25.5 Å². The monoisotopic (exact) mass is 213 g/mol. The molecule has 0 radical (unpaired) electrons. The normalized spacial score (nSPS) is 23.9. The maximum Gasteiger partial charge on any atom is 0.123 e. The van der Waals surface area contributed by atoms with Crippen molar-refractivity contribution in [3.63, 3.8) is 0 Å². The molecule has 0 amide bonds. The van der Waals surface area contributed by atoms with Gasteiger partial charge in [-0.05, 0) is 30.2 Å². The first-order valence-corrected chi connectivity index (χ1v) is 5.68. The van der Waals surface area contributed by atoms with Gasteiger partial charge in [0.25, 0.3) is 0 Å². The van der Waals surface area contributed by atoms with Crippen LogP contribution in [0.15, 0.2) is 36.4 Å². The lowest BCUT2D eigenvalue weighted by Gasteiger charge is -2.29. The lowest BCUT2D eigenvalue weighted by molar-refractivity contribution is 0.170. The molecular weight excluding hydrogens is 198 g/mol. The van der Waals surface area contributed by atoms with Gasteiger partial charge in [-0.25, -0.2) is 0 Å². The lowest BCUT2D eigenvalue weighted by atomic mass is 9.94. The molecule has 1 aliphatic heterocycles. The van der Waals surface area contributed by atoms with E-state index in [1.807, 2.05) is 6.92 Å². The van der Waals surface area contributed by atoms with E-state index in [4.69, 9.17) is 10.5 Å². The first-order chi connectivity index (χ1) is 7.75. The fraction of sp³-hybridized carbons (Fsp3) is 0.286. The molecule has 2 aromatic carbocycles. The summed E-state index contributed by atoms with van der Waals surface area (Å²) >= 11 is 0. The molecule has 2 aromatic rings. The van der Waals surface area contributed by atoms with Gasteiger partial charge >= 0.3 is 0 Å². The third-order valence-corrected chi connectivity index (χ3v) is 3.35. The number of hydrogen-bond donors (Lipinski definition) is 1. The van der Waals surface area contributed by atoms with Crippen LogP contribution in [0.2, 0.25) is 0 Å². The van der Waals surface area contributed by atoms with Gasteiger partial charge in [0.15, 0.2) is 0 Å². The second-order valence-corrected chi connectivity index (χ2v) is 4.45. The molecule has 0 bridgehead atoms. The molecule has 3 rings (SSSR count). The van der Waals surface area contributed by atoms with Crippen LogP contribution in [-0.4, -0.2) is 12.1 Å². The highest BCUT2D eigenvalue weighted by Crippen LogP contribution is 2.33. The van der Waals surface area contributed by atoms with E-state index in [1.165, 1.54) is 16.3 Å². The van der Waals surface area contributed by atoms with Crippen LogP contribution in [0.5, 0.6) is 5.75 Å². The summed E-state index contributed by atoms with van der Waals surface area (Å²) in [7, 11) is 0. The van der Waals surface area contributed by atoms with Gasteiger partial charge in [-0.3, -0.25) is 0 Å². The highest BCUT2D eigenvalue weighted by atomic mass is 16.5. The quantitative estimate of drug-likeness (QED) is 0.729. The minimum atomic E-state index is 0.0957. The standard InChI is InChI=1S/C14H15NO/c1-9-13(15)8-12-11-5-3-2-4-10(11)6-7-14(12)16-9/h2-7,9,13H,8,15H2,1H3. The minimum absolute atomic E-state index is 0.0957. The average molecular weight is 213 g/mol. The van der Waals surface area contributed by atoms with Gasteiger partial charge in [-0.15, -0.1) is 0 Å². The zero-order valence-corrected chi connectivity index (χ0v) is 9.31. The maximum absolute atomic E-state index is 6.06. The molecule has 16 heavy (non-hydrogen) atoms. The first-order valence-electron chi connectivity index (χ1n) is 5.68. The van der Waals surface area contributed by atoms with Crippen molar-refractivity contribution in [3.05, 3.63) is 42.0 Å². The Bertz CT molecular complexity index is 535. The van der Waals surface area contributed by atoms with Crippen LogP contribution >= 0.6 is 0 Å². The first kappa shape index (κ1) is 9.67. The van der Waals surface area contributed by atoms with Crippen molar-refractivity contribution < 1.29 is 4.74 Å². The third kappa shape index (κ3) is 1.38. The molecule has 0 aromatic heterocycles. The molecule has 2 unspecified atom stereocenters. The number of ether oxygens (including phenoxy) is 1. The van der Waals surface area contributed by atoms with Crippen LogP contribution in [0, 0.1) is 0 Å². The summed E-state index contributed by atoms with van der Waals surface area (Å²) in [6.07, 6.45) is 1.01. The number of rotatable bonds is 0. The fourth-order valence-electron chi connectivity index (χ4n) is 2.33. The summed E-state index contributed by atoms with van der Waals surface area (Å²) in [6.45, 7) is 2.03. The van der Waals surface area contributed by atoms with E-state index in [9.17, 15) is 0 Å². The van der Waals surface area contributed by atoms with Gasteiger partial charge in [-0.2, -0.15) is 0 Å². The average Bonchev–Trinajstić information content (AvgIpc) is 2.31. The molecule has 82 valence electrons. The highest BCUT2D eigenvalue weighted by molar-refractivity contribution is 5.88. The molecule has 2 heteroatoms. The zero-order valence-electron chi connectivity index (χ0n) is 9.31. The van der Waals surface area contributed by atoms with Gasteiger partial charge in [0.1, 0.15) is 11.9 Å². The van der Waals surface area contributed by atoms with Crippen LogP contribution in [-0.2, 0) is 6.42 Å². The highest BCUT2D eigenvalue weighted by Gasteiger charge is 2.24. The van der Waals surface area contributed by atoms with Gasteiger partial charge in [0.05, 0.1) is 0 Å². The summed E-state index contributed by atoms with van der Waals surface area (Å²) < 4.78 is 5.83. The Kier molecular flexibility index (Phi) is 2.11. The van der Waals surface area contributed by atoms with E-state index < -0.39 is 0 Å². The Morgan fingerprint density at radius 3 is 2.88 bits per heavy atom. The second kappa shape index (κ2) is 3.49. The van der Waals surface area contributed by atoms with E-state index in [-0.39, 0.29) is 12.1 Å². The smallest absolute Gasteiger partial charge is 0.123 e. The van der Waals surface area contributed by atoms with E-state index >= 15 is 0 Å². The predicted molar refractivity (Wildman–Crippen MR) is 65.7 cm³/mol. The third-order valence-electron chi connectivity index (χ3n) is 3.35. The topological polar surface area (TPSA) is 35.2 Å². The van der Waals surface area contributed by atoms with Crippen LogP contribution in [0.4, 0.5) is 0 Å². The fourth-order valence-corrected chi connectivity index (χ4v) is 2.33. The maximum atomic E-state index is 6.06. The lowest BCUT2D eigenvalue weighted by Crippen LogP contribution is -2.41. The number of fused-ring (bicyclic) bond motifs is 3. The number of hydrogen-bond acceptors (Lipinski definition) is 2. The van der Waals surface area contributed by atoms with E-state index in [2.05, 4.69) is 36.4 Å². The SMILES string of the molecule is CC1Oc2ccc3ccccc3c2CC1N. The summed E-state index contributed by atoms with van der Waals surface area (Å²) in [4.78, 5) is 0. The minimum Gasteiger partial charge on any atom is -0.489 e. The Morgan fingerprint density at radius 2 is 2.00 bits per heavy atom. The number of nitrogens with two attached hydrogens (primary N) is 1. The molecule has 2 nitrogen and oxygen atoms in total. The molecule has 2 N–H and O–H groups in total. The van der Waals surface area contributed by atoms with Crippen LogP contribution in [0.25, 0.3) is 10.8 Å². The van der Waals surface area contributed by atoms with Crippen molar-refractivity contribution in [2.24, 2.45) is 5.73 Å². The molecule has 2 atom stereocenters. The molecule has 0 fully saturated rings. The van der Waals surface area contributed by atoms with E-state index in [0.717, 1.165) is 12.2 Å². The van der Waals surface area contributed by atoms with E-state index in [0.29, 0.717) is 0 Å². The van der Waals surface area contributed by atoms with Crippen LogP contribution in [0.3, 0.4) is 0 Å². The van der Waals surface area contributed by atoms with Gasteiger partial charge < -0.3 is 10.5 Å². The van der Waals surface area contributed by atoms with Gasteiger partial charge in [-0.1, -0.05) is 30.3 Å². The summed E-state index contributed by atoms with van der Waals surface area (Å²) in [5, 5.41) is 2.52. The van der Waals surface area contributed by atoms with Crippen molar-refractivity contribution >= 4 is 10.8 Å². The van der Waals surface area contributed by atoms with Crippen molar-refractivity contribution in [3.8, 4) is 5.75 Å². The van der Waals surface area contributed by atoms with Crippen molar-refractivity contribution in [1.29, 1.82) is 0 Å². The Labute approximate surface area is 95.0 Å². The summed E-state index contributed by atoms with van der Waals surface area (Å²) in [6, 6.07) is 12.6. The molecule has 0 aliphatic carbocycles. The van der Waals surface area contributed by atoms with Gasteiger partial charge in [0.2, 0.25) is 0 Å². The zero-order chi connectivity index (χ0) is 11.1. The van der Waals surface area contributed by atoms with Crippen molar-refractivity contribution in [2.75, 3.05) is 0 Å². The van der Waals surface area contributed by atoms with Crippen LogP contribution in [0.1, 0.15) is 12.5 Å². The largest absolute Gasteiger partial charge is 0.489 e. The molecular formula is C14H15NO. The second-order valence-electron chi connectivity index (χ2n) is 4.45. The van der Waals surface area contributed by atoms with E-state index in [1.54, 1.807) is 0 Å². The van der Waals surface area contributed by atoms with Crippen LogP contribution < -0.4 is 10.5 Å².